The number of hydrogen-bond acceptors (Lipinski definition) is 1. The number of rotatable bonds is 7. The second-order valence-electron chi connectivity index (χ2n) is 4.38. The van der Waals surface area contributed by atoms with Crippen molar-refractivity contribution in [3.63, 3.8) is 0 Å². The molecule has 0 saturated carbocycles. The van der Waals surface area contributed by atoms with E-state index in [-0.39, 0.29) is 12.1 Å². The SMILES string of the molecule is CCC(CC)CNCC(F)(F)c1ccccc1. The molecule has 1 nitrogen and oxygen atoms in total. The van der Waals surface area contributed by atoms with Crippen molar-refractivity contribution in [1.82, 2.24) is 5.32 Å². The zero-order chi connectivity index (χ0) is 12.7. The fraction of sp³-hybridized carbons (Fsp3) is 0.571. The third kappa shape index (κ3) is 4.43. The third-order valence-electron chi connectivity index (χ3n) is 3.13. The minimum atomic E-state index is -2.78. The van der Waals surface area contributed by atoms with Gasteiger partial charge in [-0.3, -0.25) is 0 Å². The minimum absolute atomic E-state index is 0.0806. The number of alkyl halides is 2. The predicted molar refractivity (Wildman–Crippen MR) is 67.3 cm³/mol. The molecule has 1 aromatic rings. The molecule has 0 aliphatic heterocycles. The van der Waals surface area contributed by atoms with Gasteiger partial charge in [0.25, 0.3) is 5.92 Å². The lowest BCUT2D eigenvalue weighted by molar-refractivity contribution is -0.00387. The van der Waals surface area contributed by atoms with Crippen LogP contribution >= 0.6 is 0 Å². The van der Waals surface area contributed by atoms with E-state index in [0.717, 1.165) is 12.8 Å². The summed E-state index contributed by atoms with van der Waals surface area (Å²) >= 11 is 0. The maximum atomic E-state index is 13.8. The van der Waals surface area contributed by atoms with Gasteiger partial charge in [-0.15, -0.1) is 0 Å². The number of nitrogens with one attached hydrogen (secondary N) is 1. The highest BCUT2D eigenvalue weighted by Crippen LogP contribution is 2.26. The standard InChI is InChI=1S/C14H21F2N/c1-3-12(4-2)10-17-11-14(15,16)13-8-6-5-7-9-13/h5-9,12,17H,3-4,10-11H2,1-2H3. The lowest BCUT2D eigenvalue weighted by atomic mass is 10.0. The molecule has 1 rings (SSSR count). The molecule has 0 unspecified atom stereocenters. The highest BCUT2D eigenvalue weighted by atomic mass is 19.3. The molecule has 0 saturated heterocycles. The van der Waals surface area contributed by atoms with Crippen molar-refractivity contribution in [2.45, 2.75) is 32.6 Å². The molecule has 0 fully saturated rings. The van der Waals surface area contributed by atoms with Gasteiger partial charge >= 0.3 is 0 Å². The van der Waals surface area contributed by atoms with Gasteiger partial charge in [0.05, 0.1) is 6.54 Å². The first-order chi connectivity index (χ1) is 8.10. The van der Waals surface area contributed by atoms with Crippen LogP contribution in [-0.4, -0.2) is 13.1 Å². The lowest BCUT2D eigenvalue weighted by Gasteiger charge is -2.19. The molecule has 0 aliphatic carbocycles. The van der Waals surface area contributed by atoms with Crippen LogP contribution in [0.3, 0.4) is 0 Å². The van der Waals surface area contributed by atoms with Crippen molar-refractivity contribution in [3.8, 4) is 0 Å². The van der Waals surface area contributed by atoms with E-state index < -0.39 is 5.92 Å². The van der Waals surface area contributed by atoms with E-state index in [2.05, 4.69) is 19.2 Å². The smallest absolute Gasteiger partial charge is 0.285 e. The Morgan fingerprint density at radius 2 is 1.71 bits per heavy atom. The summed E-state index contributed by atoms with van der Waals surface area (Å²) < 4.78 is 27.5. The molecule has 17 heavy (non-hydrogen) atoms. The highest BCUT2D eigenvalue weighted by Gasteiger charge is 2.30. The van der Waals surface area contributed by atoms with Gasteiger partial charge in [-0.2, -0.15) is 8.78 Å². The van der Waals surface area contributed by atoms with E-state index in [4.69, 9.17) is 0 Å². The van der Waals surface area contributed by atoms with Crippen molar-refractivity contribution in [3.05, 3.63) is 35.9 Å². The largest absolute Gasteiger partial charge is 0.311 e. The zero-order valence-electron chi connectivity index (χ0n) is 10.5. The topological polar surface area (TPSA) is 12.0 Å². The molecule has 0 spiro atoms. The van der Waals surface area contributed by atoms with Gasteiger partial charge in [-0.05, 0) is 12.5 Å². The number of hydrogen-bond donors (Lipinski definition) is 1. The first-order valence-corrected chi connectivity index (χ1v) is 6.24. The first-order valence-electron chi connectivity index (χ1n) is 6.24. The lowest BCUT2D eigenvalue weighted by Crippen LogP contribution is -2.33. The molecule has 0 heterocycles. The average molecular weight is 241 g/mol. The normalized spacial score (nSPS) is 12.1. The fourth-order valence-electron chi connectivity index (χ4n) is 1.79. The van der Waals surface area contributed by atoms with Crippen LogP contribution in [0, 0.1) is 5.92 Å². The van der Waals surface area contributed by atoms with Crippen LogP contribution in [0.15, 0.2) is 30.3 Å². The van der Waals surface area contributed by atoms with E-state index >= 15 is 0 Å². The van der Waals surface area contributed by atoms with Crippen molar-refractivity contribution in [1.29, 1.82) is 0 Å². The summed E-state index contributed by atoms with van der Waals surface area (Å²) in [5, 5.41) is 2.88. The summed E-state index contributed by atoms with van der Waals surface area (Å²) in [6.07, 6.45) is 2.06. The number of benzene rings is 1. The molecule has 0 atom stereocenters. The Balaban J connectivity index is 2.45. The zero-order valence-corrected chi connectivity index (χ0v) is 10.5. The second-order valence-corrected chi connectivity index (χ2v) is 4.38. The summed E-state index contributed by atoms with van der Waals surface area (Å²) in [7, 11) is 0. The van der Waals surface area contributed by atoms with Gasteiger partial charge < -0.3 is 5.32 Å². The average Bonchev–Trinajstić information content (AvgIpc) is 2.36. The molecule has 0 bridgehead atoms. The van der Waals surface area contributed by atoms with E-state index in [9.17, 15) is 8.78 Å². The Bertz CT molecular complexity index is 307. The maximum absolute atomic E-state index is 13.8. The molecule has 0 aliphatic rings. The third-order valence-corrected chi connectivity index (χ3v) is 3.13. The van der Waals surface area contributed by atoms with Crippen molar-refractivity contribution < 1.29 is 8.78 Å². The Morgan fingerprint density at radius 1 is 1.12 bits per heavy atom. The summed E-state index contributed by atoms with van der Waals surface area (Å²) in [6.45, 7) is 4.55. The van der Waals surface area contributed by atoms with Gasteiger partial charge in [0.2, 0.25) is 0 Å². The molecule has 0 radical (unpaired) electrons. The Hall–Kier alpha value is -0.960. The van der Waals surface area contributed by atoms with Crippen LogP contribution in [0.4, 0.5) is 8.78 Å². The van der Waals surface area contributed by atoms with Crippen LogP contribution in [0.2, 0.25) is 0 Å². The Labute approximate surface area is 102 Å². The van der Waals surface area contributed by atoms with Gasteiger partial charge in [-0.25, -0.2) is 0 Å². The van der Waals surface area contributed by atoms with E-state index in [0.29, 0.717) is 12.5 Å². The van der Waals surface area contributed by atoms with Crippen molar-refractivity contribution >= 4 is 0 Å². The van der Waals surface area contributed by atoms with Gasteiger partial charge in [0, 0.05) is 5.56 Å². The quantitative estimate of drug-likeness (QED) is 0.765. The first kappa shape index (κ1) is 14.1. The fourth-order valence-corrected chi connectivity index (χ4v) is 1.79. The Morgan fingerprint density at radius 3 is 2.24 bits per heavy atom. The predicted octanol–water partition coefficient (Wildman–Crippen LogP) is 3.80. The Kier molecular flexibility index (Phi) is 5.56. The van der Waals surface area contributed by atoms with Crippen LogP contribution in [0.25, 0.3) is 0 Å². The van der Waals surface area contributed by atoms with Crippen molar-refractivity contribution in [2.24, 2.45) is 5.92 Å². The van der Waals surface area contributed by atoms with E-state index in [1.54, 1.807) is 18.2 Å². The van der Waals surface area contributed by atoms with Gasteiger partial charge in [0.15, 0.2) is 0 Å². The van der Waals surface area contributed by atoms with Crippen LogP contribution < -0.4 is 5.32 Å². The van der Waals surface area contributed by atoms with Crippen molar-refractivity contribution in [2.75, 3.05) is 13.1 Å². The summed E-state index contributed by atoms with van der Waals surface area (Å²) in [5.41, 5.74) is 0.0806. The maximum Gasteiger partial charge on any atom is 0.285 e. The molecule has 1 aromatic carbocycles. The van der Waals surface area contributed by atoms with Crippen LogP contribution in [0.1, 0.15) is 32.3 Å². The highest BCUT2D eigenvalue weighted by molar-refractivity contribution is 5.20. The van der Waals surface area contributed by atoms with Gasteiger partial charge in [-0.1, -0.05) is 57.0 Å². The molecular formula is C14H21F2N. The number of halogens is 2. The molecule has 96 valence electrons. The summed E-state index contributed by atoms with van der Waals surface area (Å²) in [6, 6.07) is 7.98. The monoisotopic (exact) mass is 241 g/mol. The second kappa shape index (κ2) is 6.70. The van der Waals surface area contributed by atoms with E-state index in [1.165, 1.54) is 12.1 Å². The van der Waals surface area contributed by atoms with Gasteiger partial charge in [0.1, 0.15) is 0 Å². The summed E-state index contributed by atoms with van der Waals surface area (Å²) in [5.74, 6) is -2.30. The molecule has 3 heteroatoms. The van der Waals surface area contributed by atoms with E-state index in [1.807, 2.05) is 0 Å². The molecule has 0 amide bonds. The molecular weight excluding hydrogens is 220 g/mol. The minimum Gasteiger partial charge on any atom is -0.311 e. The summed E-state index contributed by atoms with van der Waals surface area (Å²) in [4.78, 5) is 0. The molecule has 0 aromatic heterocycles. The van der Waals surface area contributed by atoms with Crippen LogP contribution in [0.5, 0.6) is 0 Å². The molecule has 1 N–H and O–H groups in total. The van der Waals surface area contributed by atoms with Crippen LogP contribution in [-0.2, 0) is 5.92 Å².